The van der Waals surface area contributed by atoms with Crippen molar-refractivity contribution >= 4 is 17.1 Å². The van der Waals surface area contributed by atoms with Gasteiger partial charge in [0.25, 0.3) is 0 Å². The number of furan rings is 1. The summed E-state index contributed by atoms with van der Waals surface area (Å²) in [6.45, 7) is -0.279. The topological polar surface area (TPSA) is 124 Å². The number of carbonyl (C=O) groups is 1. The van der Waals surface area contributed by atoms with Gasteiger partial charge in [0.15, 0.2) is 6.23 Å². The summed E-state index contributed by atoms with van der Waals surface area (Å²) in [7, 11) is 0. The number of benzene rings is 1. The number of aromatic nitrogens is 2. The summed E-state index contributed by atoms with van der Waals surface area (Å²) in [6.07, 6.45) is -2.09. The van der Waals surface area contributed by atoms with Gasteiger partial charge in [-0.2, -0.15) is 4.98 Å². The summed E-state index contributed by atoms with van der Waals surface area (Å²) in [5.41, 5.74) is -0.179. The minimum Gasteiger partial charge on any atom is -0.459 e. The van der Waals surface area contributed by atoms with Gasteiger partial charge in [-0.1, -0.05) is 18.2 Å². The summed E-state index contributed by atoms with van der Waals surface area (Å²) in [4.78, 5) is 27.9. The fourth-order valence-corrected chi connectivity index (χ4v) is 2.94. The van der Waals surface area contributed by atoms with Gasteiger partial charge in [0, 0.05) is 6.20 Å². The fourth-order valence-electron chi connectivity index (χ4n) is 2.94. The first-order valence-electron chi connectivity index (χ1n) is 8.25. The Hall–Kier alpha value is -3.01. The van der Waals surface area contributed by atoms with E-state index in [0.717, 1.165) is 4.57 Å². The molecule has 0 unspecified atom stereocenters. The van der Waals surface area contributed by atoms with Gasteiger partial charge < -0.3 is 24.1 Å². The molecule has 0 spiro atoms. The number of esters is 1. The quantitative estimate of drug-likeness (QED) is 0.633. The lowest BCUT2D eigenvalue weighted by Crippen LogP contribution is -2.36. The third-order valence-electron chi connectivity index (χ3n) is 4.37. The molecule has 0 amide bonds. The maximum atomic E-state index is 12.2. The number of rotatable bonds is 4. The number of fused-ring (bicyclic) bond motifs is 1. The first-order valence-corrected chi connectivity index (χ1v) is 8.25. The molecule has 2 N–H and O–H groups in total. The number of ether oxygens (including phenoxy) is 2. The van der Waals surface area contributed by atoms with Crippen LogP contribution in [0.25, 0.3) is 11.1 Å². The third kappa shape index (κ3) is 3.23. The van der Waals surface area contributed by atoms with Crippen molar-refractivity contribution in [2.45, 2.75) is 24.5 Å². The molecule has 9 heteroatoms. The van der Waals surface area contributed by atoms with E-state index in [9.17, 15) is 19.8 Å². The molecule has 1 saturated heterocycles. The Morgan fingerprint density at radius 3 is 2.74 bits per heavy atom. The summed E-state index contributed by atoms with van der Waals surface area (Å²) >= 11 is 0. The van der Waals surface area contributed by atoms with Crippen molar-refractivity contribution in [2.75, 3.05) is 6.61 Å². The number of nitrogens with zero attached hydrogens (tertiary/aromatic N) is 2. The van der Waals surface area contributed by atoms with E-state index in [2.05, 4.69) is 4.98 Å². The maximum Gasteiger partial charge on any atom is 0.353 e. The van der Waals surface area contributed by atoms with Crippen LogP contribution in [0, 0.1) is 0 Å². The van der Waals surface area contributed by atoms with Crippen molar-refractivity contribution in [1.29, 1.82) is 0 Å². The van der Waals surface area contributed by atoms with Crippen LogP contribution < -0.4 is 5.69 Å². The molecule has 4 atom stereocenters. The van der Waals surface area contributed by atoms with Crippen molar-refractivity contribution in [3.05, 3.63) is 64.9 Å². The van der Waals surface area contributed by atoms with Gasteiger partial charge in [-0.3, -0.25) is 4.57 Å². The molecule has 0 aliphatic carbocycles. The Morgan fingerprint density at radius 1 is 1.19 bits per heavy atom. The van der Waals surface area contributed by atoms with E-state index in [1.807, 2.05) is 0 Å². The molecule has 2 aromatic heterocycles. The van der Waals surface area contributed by atoms with Crippen LogP contribution >= 0.6 is 0 Å². The van der Waals surface area contributed by atoms with Crippen molar-refractivity contribution in [1.82, 2.24) is 9.55 Å². The largest absolute Gasteiger partial charge is 0.459 e. The Kier molecular flexibility index (Phi) is 4.48. The molecule has 1 aliphatic heterocycles. The van der Waals surface area contributed by atoms with Gasteiger partial charge in [-0.25, -0.2) is 9.59 Å². The van der Waals surface area contributed by atoms with E-state index in [1.165, 1.54) is 12.5 Å². The first-order chi connectivity index (χ1) is 13.0. The van der Waals surface area contributed by atoms with E-state index in [0.29, 0.717) is 10.9 Å². The summed E-state index contributed by atoms with van der Waals surface area (Å²) in [5.74, 6) is -0.581. The molecule has 1 aliphatic rings. The van der Waals surface area contributed by atoms with Crippen LogP contribution in [-0.4, -0.2) is 50.7 Å². The Morgan fingerprint density at radius 2 is 1.96 bits per heavy atom. The van der Waals surface area contributed by atoms with Gasteiger partial charge in [0.2, 0.25) is 5.71 Å². The molecule has 1 fully saturated rings. The van der Waals surface area contributed by atoms with Crippen LogP contribution in [0.2, 0.25) is 0 Å². The van der Waals surface area contributed by atoms with Gasteiger partial charge in [0.05, 0.1) is 17.2 Å². The summed E-state index contributed by atoms with van der Waals surface area (Å²) in [5, 5.41) is 21.0. The Labute approximate surface area is 152 Å². The Bertz CT molecular complexity index is 1010. The lowest BCUT2D eigenvalue weighted by atomic mass is 10.1. The number of aliphatic hydroxyl groups excluding tert-OH is 2. The van der Waals surface area contributed by atoms with Crippen LogP contribution in [-0.2, 0) is 9.47 Å². The molecule has 3 aromatic rings. The predicted octanol–water partition coefficient (Wildman–Crippen LogP) is 0.466. The maximum absolute atomic E-state index is 12.2. The summed E-state index contributed by atoms with van der Waals surface area (Å²) < 4.78 is 16.9. The fraction of sp³-hybridized carbons (Fsp3) is 0.278. The lowest BCUT2D eigenvalue weighted by molar-refractivity contribution is -0.0596. The highest BCUT2D eigenvalue weighted by Crippen LogP contribution is 2.29. The van der Waals surface area contributed by atoms with E-state index in [-0.39, 0.29) is 12.3 Å². The Balaban J connectivity index is 1.49. The van der Waals surface area contributed by atoms with Crippen molar-refractivity contribution in [3.8, 4) is 0 Å². The zero-order valence-corrected chi connectivity index (χ0v) is 14.0. The van der Waals surface area contributed by atoms with Crippen LogP contribution in [0.1, 0.15) is 16.6 Å². The highest BCUT2D eigenvalue weighted by molar-refractivity contribution is 5.89. The van der Waals surface area contributed by atoms with Gasteiger partial charge in [-0.15, -0.1) is 0 Å². The lowest BCUT2D eigenvalue weighted by Gasteiger charge is -2.16. The third-order valence-corrected chi connectivity index (χ3v) is 4.37. The molecule has 3 heterocycles. The van der Waals surface area contributed by atoms with Crippen molar-refractivity contribution < 1.29 is 28.9 Å². The van der Waals surface area contributed by atoms with Gasteiger partial charge in [-0.05, 0) is 18.2 Å². The number of hydrogen-bond donors (Lipinski definition) is 2. The number of aliphatic hydroxyl groups is 2. The number of hydrogen-bond acceptors (Lipinski definition) is 8. The minimum absolute atomic E-state index is 0.164. The first kappa shape index (κ1) is 17.4. The molecular formula is C18H16N2O7. The smallest absolute Gasteiger partial charge is 0.353 e. The van der Waals surface area contributed by atoms with E-state index < -0.39 is 36.2 Å². The van der Waals surface area contributed by atoms with Crippen LogP contribution in [0.3, 0.4) is 0 Å². The average Bonchev–Trinajstić information content (AvgIpc) is 3.24. The molecule has 140 valence electrons. The average molecular weight is 372 g/mol. The molecule has 0 radical (unpaired) electrons. The van der Waals surface area contributed by atoms with Crippen molar-refractivity contribution in [2.24, 2.45) is 0 Å². The van der Waals surface area contributed by atoms with Crippen LogP contribution in [0.15, 0.2) is 58.1 Å². The zero-order chi connectivity index (χ0) is 19.0. The SMILES string of the molecule is O=C(OC[C@H]1O[C@@H](n2cc3ccoc3nc2=O)[C@H](O)[C@@H]1O)c1ccccc1. The van der Waals surface area contributed by atoms with Gasteiger partial charge >= 0.3 is 11.7 Å². The van der Waals surface area contributed by atoms with Crippen molar-refractivity contribution in [3.63, 3.8) is 0 Å². The predicted molar refractivity (Wildman–Crippen MR) is 90.9 cm³/mol. The normalized spacial score (nSPS) is 25.0. The highest BCUT2D eigenvalue weighted by atomic mass is 16.6. The highest BCUT2D eigenvalue weighted by Gasteiger charge is 2.44. The second-order valence-electron chi connectivity index (χ2n) is 6.12. The van der Waals surface area contributed by atoms with Crippen LogP contribution in [0.4, 0.5) is 0 Å². The van der Waals surface area contributed by atoms with Crippen LogP contribution in [0.5, 0.6) is 0 Å². The number of carbonyl (C=O) groups excluding carboxylic acids is 1. The molecule has 4 rings (SSSR count). The molecular weight excluding hydrogens is 356 g/mol. The standard InChI is InChI=1S/C18H16N2O7/c21-13-12(9-26-17(23)10-4-2-1-3-5-10)27-16(14(13)22)20-8-11-6-7-25-15(11)19-18(20)24/h1-8,12-14,16,21-22H,9H2/t12-,13-,14-,16-/m1/s1. The minimum atomic E-state index is -1.39. The van der Waals surface area contributed by atoms with E-state index in [4.69, 9.17) is 13.9 Å². The summed E-state index contributed by atoms with van der Waals surface area (Å²) in [6, 6.07) is 9.96. The zero-order valence-electron chi connectivity index (χ0n) is 14.0. The second-order valence-corrected chi connectivity index (χ2v) is 6.12. The molecule has 27 heavy (non-hydrogen) atoms. The van der Waals surface area contributed by atoms with Gasteiger partial charge in [0.1, 0.15) is 24.9 Å². The molecule has 9 nitrogen and oxygen atoms in total. The molecule has 1 aromatic carbocycles. The molecule has 0 bridgehead atoms. The van der Waals surface area contributed by atoms with E-state index in [1.54, 1.807) is 36.4 Å². The molecule has 0 saturated carbocycles. The van der Waals surface area contributed by atoms with E-state index >= 15 is 0 Å². The monoisotopic (exact) mass is 372 g/mol. The second kappa shape index (κ2) is 6.95.